The zero-order chi connectivity index (χ0) is 39.6. The van der Waals surface area contributed by atoms with Crippen LogP contribution in [0.5, 0.6) is 0 Å². The van der Waals surface area contributed by atoms with E-state index in [1.54, 1.807) is 0 Å². The van der Waals surface area contributed by atoms with Gasteiger partial charge in [-0.1, -0.05) is 159 Å². The van der Waals surface area contributed by atoms with E-state index in [4.69, 9.17) is 0 Å². The number of fused-ring (bicyclic) bond motifs is 11. The zero-order valence-corrected chi connectivity index (χ0v) is 33.7. The standard InChI is InChI=1S/C60H40/c1-3-35-25-40-26-36(4-2)28-58-56-34-54-50(33-55(56)57(27-35)59(40)58)46(39-19-12-7-13-20-39)30-51-52(54)29-45(38-17-10-6-11-18-38)49-31-48-44-24-23-41(37-15-8-5-9-16-37)42-21-14-22-43(60(42)44)47(48)32-53(49)51/h5-34H,3-4H2,1-2H3. The minimum Gasteiger partial charge on any atom is -0.0622 e. The second-order valence-electron chi connectivity index (χ2n) is 16.9. The van der Waals surface area contributed by atoms with Crippen molar-refractivity contribution < 1.29 is 0 Å². The molecule has 0 unspecified atom stereocenters. The first kappa shape index (κ1) is 33.7. The first-order valence-electron chi connectivity index (χ1n) is 21.5. The zero-order valence-electron chi connectivity index (χ0n) is 33.7. The van der Waals surface area contributed by atoms with Crippen molar-refractivity contribution in [2.45, 2.75) is 26.7 Å². The Morgan fingerprint density at radius 2 is 0.650 bits per heavy atom. The third kappa shape index (κ3) is 4.68. The van der Waals surface area contributed by atoms with Gasteiger partial charge in [-0.25, -0.2) is 0 Å². The maximum Gasteiger partial charge on any atom is -0.00201 e. The van der Waals surface area contributed by atoms with Crippen molar-refractivity contribution in [1.29, 1.82) is 0 Å². The van der Waals surface area contributed by atoms with E-state index in [2.05, 4.69) is 196 Å². The fraction of sp³-hybridized carbons (Fsp3) is 0.0667. The van der Waals surface area contributed by atoms with Crippen LogP contribution in [0.2, 0.25) is 0 Å². The van der Waals surface area contributed by atoms with Crippen molar-refractivity contribution in [3.8, 4) is 77.9 Å². The van der Waals surface area contributed by atoms with Crippen molar-refractivity contribution in [1.82, 2.24) is 0 Å². The van der Waals surface area contributed by atoms with Gasteiger partial charge in [-0.05, 0) is 192 Å². The average Bonchev–Trinajstić information content (AvgIpc) is 3.80. The van der Waals surface area contributed by atoms with Gasteiger partial charge in [0.2, 0.25) is 0 Å². The summed E-state index contributed by atoms with van der Waals surface area (Å²) in [4.78, 5) is 0. The van der Waals surface area contributed by atoms with Crippen LogP contribution in [0.3, 0.4) is 0 Å². The van der Waals surface area contributed by atoms with E-state index in [9.17, 15) is 0 Å². The molecule has 0 N–H and O–H groups in total. The van der Waals surface area contributed by atoms with Crippen molar-refractivity contribution in [3.05, 3.63) is 193 Å². The molecule has 13 rings (SSSR count). The highest BCUT2D eigenvalue weighted by molar-refractivity contribution is 6.29. The highest BCUT2D eigenvalue weighted by Gasteiger charge is 2.28. The van der Waals surface area contributed by atoms with E-state index in [1.165, 1.54) is 143 Å². The molecule has 2 aliphatic carbocycles. The first-order valence-corrected chi connectivity index (χ1v) is 21.5. The van der Waals surface area contributed by atoms with Crippen LogP contribution in [-0.4, -0.2) is 0 Å². The second kappa shape index (κ2) is 12.6. The number of rotatable bonds is 5. The molecule has 0 aliphatic heterocycles. The van der Waals surface area contributed by atoms with Crippen molar-refractivity contribution >= 4 is 53.9 Å². The van der Waals surface area contributed by atoms with Gasteiger partial charge < -0.3 is 0 Å². The van der Waals surface area contributed by atoms with Gasteiger partial charge in [-0.2, -0.15) is 0 Å². The predicted octanol–water partition coefficient (Wildman–Crippen LogP) is 16.9. The lowest BCUT2D eigenvalue weighted by atomic mass is 9.84. The Kier molecular flexibility index (Phi) is 7.08. The van der Waals surface area contributed by atoms with E-state index in [0.717, 1.165) is 12.8 Å². The van der Waals surface area contributed by atoms with E-state index in [0.29, 0.717) is 0 Å². The molecule has 0 amide bonds. The maximum absolute atomic E-state index is 2.55. The third-order valence-corrected chi connectivity index (χ3v) is 13.8. The highest BCUT2D eigenvalue weighted by atomic mass is 14.3. The lowest BCUT2D eigenvalue weighted by molar-refractivity contribution is 1.14. The molecule has 0 saturated carbocycles. The molecule has 0 spiro atoms. The minimum absolute atomic E-state index is 1.01. The van der Waals surface area contributed by atoms with Crippen LogP contribution in [0, 0.1) is 0 Å². The second-order valence-corrected chi connectivity index (χ2v) is 16.9. The largest absolute Gasteiger partial charge is 0.0622 e. The van der Waals surface area contributed by atoms with Crippen LogP contribution in [0.15, 0.2) is 182 Å². The predicted molar refractivity (Wildman–Crippen MR) is 258 cm³/mol. The molecule has 0 fully saturated rings. The first-order chi connectivity index (χ1) is 29.6. The summed E-state index contributed by atoms with van der Waals surface area (Å²) in [5.41, 5.74) is 21.1. The van der Waals surface area contributed by atoms with E-state index >= 15 is 0 Å². The summed E-state index contributed by atoms with van der Waals surface area (Å²) >= 11 is 0. The topological polar surface area (TPSA) is 0 Å². The molecule has 280 valence electrons. The summed E-state index contributed by atoms with van der Waals surface area (Å²) in [6.45, 7) is 4.56. The molecular formula is C60H40. The molecule has 0 bridgehead atoms. The van der Waals surface area contributed by atoms with Crippen LogP contribution in [0.25, 0.3) is 132 Å². The highest BCUT2D eigenvalue weighted by Crippen LogP contribution is 2.55. The van der Waals surface area contributed by atoms with Gasteiger partial charge in [0, 0.05) is 0 Å². The normalized spacial score (nSPS) is 12.3. The minimum atomic E-state index is 1.01. The number of benzene rings is 11. The molecule has 0 radical (unpaired) electrons. The van der Waals surface area contributed by atoms with Crippen LogP contribution in [0.1, 0.15) is 25.0 Å². The van der Waals surface area contributed by atoms with Crippen LogP contribution in [-0.2, 0) is 12.8 Å². The summed E-state index contributed by atoms with van der Waals surface area (Å²) in [5.74, 6) is 0. The summed E-state index contributed by atoms with van der Waals surface area (Å²) < 4.78 is 0. The lowest BCUT2D eigenvalue weighted by Crippen LogP contribution is -1.91. The van der Waals surface area contributed by atoms with Crippen molar-refractivity contribution in [2.75, 3.05) is 0 Å². The van der Waals surface area contributed by atoms with Gasteiger partial charge in [0.1, 0.15) is 0 Å². The Balaban J connectivity index is 1.17. The third-order valence-electron chi connectivity index (χ3n) is 13.8. The van der Waals surface area contributed by atoms with Crippen LogP contribution >= 0.6 is 0 Å². The molecule has 2 aliphatic rings. The van der Waals surface area contributed by atoms with Crippen molar-refractivity contribution in [2.24, 2.45) is 0 Å². The average molecular weight is 761 g/mol. The van der Waals surface area contributed by atoms with E-state index in [1.807, 2.05) is 0 Å². The molecule has 11 aromatic rings. The summed E-state index contributed by atoms with van der Waals surface area (Å²) in [5, 5.41) is 13.2. The molecule has 11 aromatic carbocycles. The smallest absolute Gasteiger partial charge is 0.00201 e. The van der Waals surface area contributed by atoms with Gasteiger partial charge in [0.25, 0.3) is 0 Å². The molecule has 0 aromatic heterocycles. The molecule has 0 atom stereocenters. The van der Waals surface area contributed by atoms with Gasteiger partial charge in [-0.3, -0.25) is 0 Å². The monoisotopic (exact) mass is 760 g/mol. The Morgan fingerprint density at radius 1 is 0.250 bits per heavy atom. The Bertz CT molecular complexity index is 3620. The molecule has 0 heteroatoms. The van der Waals surface area contributed by atoms with Gasteiger partial charge in [-0.15, -0.1) is 0 Å². The molecule has 0 saturated heterocycles. The molecular weight excluding hydrogens is 721 g/mol. The maximum atomic E-state index is 2.55. The van der Waals surface area contributed by atoms with E-state index < -0.39 is 0 Å². The fourth-order valence-corrected chi connectivity index (χ4v) is 10.9. The van der Waals surface area contributed by atoms with E-state index in [-0.39, 0.29) is 0 Å². The number of aryl methyl sites for hydroxylation is 2. The van der Waals surface area contributed by atoms with Gasteiger partial charge in [0.05, 0.1) is 0 Å². The number of hydrogen-bond donors (Lipinski definition) is 0. The summed E-state index contributed by atoms with van der Waals surface area (Å²) in [6.07, 6.45) is 2.03. The number of hydrogen-bond acceptors (Lipinski definition) is 0. The Morgan fingerprint density at radius 3 is 1.15 bits per heavy atom. The molecule has 60 heavy (non-hydrogen) atoms. The Labute approximate surface area is 350 Å². The van der Waals surface area contributed by atoms with Crippen LogP contribution < -0.4 is 0 Å². The molecule has 0 nitrogen and oxygen atoms in total. The summed E-state index contributed by atoms with van der Waals surface area (Å²) in [7, 11) is 0. The lowest BCUT2D eigenvalue weighted by Gasteiger charge is -2.19. The van der Waals surface area contributed by atoms with Crippen molar-refractivity contribution in [3.63, 3.8) is 0 Å². The fourth-order valence-electron chi connectivity index (χ4n) is 10.9. The summed E-state index contributed by atoms with van der Waals surface area (Å²) in [6, 6.07) is 69.4. The molecule has 0 heterocycles. The van der Waals surface area contributed by atoms with Gasteiger partial charge in [0.15, 0.2) is 0 Å². The SMILES string of the molecule is CCc1cc2c3c(cc(CC)cc3c1)-c1cc3c(cc1-2)c(-c1ccccc1)cc1c2cc4c(cc2c(-c2ccccc2)cc31)-c1ccc(-c2ccccc2)c2cccc-4c12. The van der Waals surface area contributed by atoms with Gasteiger partial charge >= 0.3 is 0 Å². The quantitative estimate of drug-likeness (QED) is 0.153. The van der Waals surface area contributed by atoms with Crippen LogP contribution in [0.4, 0.5) is 0 Å². The Hall–Kier alpha value is -7.28.